The van der Waals surface area contributed by atoms with Crippen LogP contribution in [-0.4, -0.2) is 80.1 Å². The molecule has 10 nitrogen and oxygen atoms in total. The molecule has 0 N–H and O–H groups in total. The van der Waals surface area contributed by atoms with Crippen molar-refractivity contribution in [1.82, 2.24) is 29.4 Å². The number of thiophene rings is 1. The maximum Gasteiger partial charge on any atom is 0.416 e. The van der Waals surface area contributed by atoms with Crippen molar-refractivity contribution in [3.05, 3.63) is 51.7 Å². The Kier molecular flexibility index (Phi) is 11.3. The zero-order valence-electron chi connectivity index (χ0n) is 33.4. The number of benzene rings is 1. The third kappa shape index (κ3) is 7.56. The Hall–Kier alpha value is -3.08. The number of amides is 1. The van der Waals surface area contributed by atoms with Crippen molar-refractivity contribution >= 4 is 69.2 Å². The molecule has 302 valence electrons. The minimum atomic E-state index is -4.68. The van der Waals surface area contributed by atoms with Crippen molar-refractivity contribution in [3.8, 4) is 0 Å². The van der Waals surface area contributed by atoms with E-state index in [1.807, 2.05) is 24.8 Å². The van der Waals surface area contributed by atoms with Gasteiger partial charge in [-0.1, -0.05) is 58.4 Å². The summed E-state index contributed by atoms with van der Waals surface area (Å²) in [4.78, 5) is 36.0. The molecule has 2 aliphatic rings. The van der Waals surface area contributed by atoms with Crippen molar-refractivity contribution in [2.45, 2.75) is 138 Å². The quantitative estimate of drug-likeness (QED) is 0.147. The van der Waals surface area contributed by atoms with Crippen LogP contribution >= 0.6 is 33.8 Å². The van der Waals surface area contributed by atoms with Gasteiger partial charge in [0.2, 0.25) is 0 Å². The van der Waals surface area contributed by atoms with Gasteiger partial charge in [0.05, 0.1) is 47.0 Å². The van der Waals surface area contributed by atoms with E-state index in [9.17, 15) is 9.59 Å². The first kappa shape index (κ1) is 41.5. The van der Waals surface area contributed by atoms with E-state index in [-0.39, 0.29) is 42.9 Å². The van der Waals surface area contributed by atoms with Gasteiger partial charge in [-0.25, -0.2) is 14.3 Å². The third-order valence-corrected chi connectivity index (χ3v) is 24.1. The van der Waals surface area contributed by atoms with Crippen LogP contribution in [0.3, 0.4) is 0 Å². The summed E-state index contributed by atoms with van der Waals surface area (Å²) in [6, 6.07) is 3.21. The summed E-state index contributed by atoms with van der Waals surface area (Å²) in [7, 11) is -3.75. The lowest BCUT2D eigenvalue weighted by molar-refractivity contribution is -0.137. The van der Waals surface area contributed by atoms with Crippen LogP contribution in [0.1, 0.15) is 87.8 Å². The number of carbonyl (C=O) groups excluding carboxylic acids is 1. The average molecular weight is 841 g/mol. The van der Waals surface area contributed by atoms with Gasteiger partial charge >= 0.3 is 18.0 Å². The minimum Gasteiger partial charge on any atom is -0.444 e. The third-order valence-electron chi connectivity index (χ3n) is 11.3. The SMILES string of the molecule is CC(C)[Si](c1sc([SH]2C[C@@H](n3ccnn3)Cn3c(=O)nc(N4C[C@@H](C)N(C(=O)OC(C)(C)C)[C@@H](C)C4)c4cc(C(F)(F)F)cc2c43)cc1Cl)(C(C)C)C(C)C. The molecule has 5 heterocycles. The summed E-state index contributed by atoms with van der Waals surface area (Å²) in [6.45, 7) is 23.4. The van der Waals surface area contributed by atoms with Crippen molar-refractivity contribution in [2.75, 3.05) is 23.7 Å². The highest BCUT2D eigenvalue weighted by molar-refractivity contribution is 8.18. The summed E-state index contributed by atoms with van der Waals surface area (Å²) in [5.74, 6) is 0.598. The zero-order valence-corrected chi connectivity index (χ0v) is 36.9. The fourth-order valence-electron chi connectivity index (χ4n) is 9.27. The van der Waals surface area contributed by atoms with Crippen molar-refractivity contribution in [2.24, 2.45) is 0 Å². The van der Waals surface area contributed by atoms with Crippen molar-refractivity contribution in [3.63, 3.8) is 0 Å². The van der Waals surface area contributed by atoms with Gasteiger partial charge in [-0.2, -0.15) is 29.1 Å². The standard InChI is InChI=1S/C38H53ClF3N7O3S2Si/c1-21(2)55(22(3)4,23(5)6)34-29(39)16-31(53-34)54-20-27(48-13-12-43-45-48)19-47-32-28(14-26(15-30(32)54)38(40,41)42)33(44-35(47)50)46-17-24(7)49(25(8)18-46)36(51)52-37(9,10)11/h12-16,21-25,27,54H,17-20H2,1-11H3/t24-,25+,27-/m0/s1. The number of hydrogen-bond donors (Lipinski definition) is 1. The lowest BCUT2D eigenvalue weighted by atomic mass is 10.1. The maximum atomic E-state index is 15.0. The molecule has 2 aliphatic heterocycles. The van der Waals surface area contributed by atoms with Crippen LogP contribution in [0.2, 0.25) is 21.6 Å². The smallest absolute Gasteiger partial charge is 0.416 e. The van der Waals surface area contributed by atoms with Crippen LogP contribution in [-0.2, 0) is 17.5 Å². The van der Waals surface area contributed by atoms with Crippen LogP contribution in [0.4, 0.5) is 23.8 Å². The van der Waals surface area contributed by atoms with E-state index in [0.717, 1.165) is 10.3 Å². The minimum absolute atomic E-state index is 0.150. The van der Waals surface area contributed by atoms with E-state index in [0.29, 0.717) is 37.8 Å². The van der Waals surface area contributed by atoms with Gasteiger partial charge in [-0.3, -0.25) is 9.47 Å². The molecular weight excluding hydrogens is 787 g/mol. The van der Waals surface area contributed by atoms with Crippen LogP contribution in [0.5, 0.6) is 0 Å². The topological polar surface area (TPSA) is 98.4 Å². The summed E-state index contributed by atoms with van der Waals surface area (Å²) >= 11 is 8.90. The molecule has 0 bridgehead atoms. The molecule has 1 aromatic carbocycles. The Morgan fingerprint density at radius 1 is 1.00 bits per heavy atom. The van der Waals surface area contributed by atoms with E-state index in [2.05, 4.69) is 56.8 Å². The number of anilines is 1. The Balaban J connectivity index is 1.59. The fraction of sp³-hybridized carbons (Fsp3) is 0.605. The normalized spacial score (nSPS) is 21.9. The molecule has 1 unspecified atom stereocenters. The van der Waals surface area contributed by atoms with Gasteiger partial charge in [0.15, 0.2) is 0 Å². The number of ether oxygens (including phenoxy) is 1. The van der Waals surface area contributed by atoms with Gasteiger partial charge in [-0.15, -0.1) is 16.4 Å². The number of thiol groups is 1. The largest absolute Gasteiger partial charge is 0.444 e. The average Bonchev–Trinajstić information content (AvgIpc) is 3.68. The molecule has 4 aromatic rings. The number of nitrogens with zero attached hydrogens (tertiary/aromatic N) is 7. The molecule has 1 amide bonds. The summed E-state index contributed by atoms with van der Waals surface area (Å²) in [5.41, 5.74) is -0.513. The second kappa shape index (κ2) is 15.0. The second-order valence-electron chi connectivity index (χ2n) is 17.0. The number of carbonyl (C=O) groups is 1. The van der Waals surface area contributed by atoms with E-state index in [1.165, 1.54) is 15.1 Å². The Morgan fingerprint density at radius 2 is 1.62 bits per heavy atom. The Labute approximate surface area is 333 Å². The summed E-state index contributed by atoms with van der Waals surface area (Å²) in [6.07, 6.45) is -1.85. The van der Waals surface area contributed by atoms with Gasteiger partial charge in [-0.05, 0) is 69.4 Å². The summed E-state index contributed by atoms with van der Waals surface area (Å²) in [5, 5.41) is 9.27. The van der Waals surface area contributed by atoms with E-state index >= 15 is 13.2 Å². The molecule has 0 spiro atoms. The van der Waals surface area contributed by atoms with Crippen molar-refractivity contribution < 1.29 is 22.7 Å². The predicted molar refractivity (Wildman–Crippen MR) is 220 cm³/mol. The number of piperazine rings is 1. The van der Waals surface area contributed by atoms with Crippen LogP contribution < -0.4 is 15.1 Å². The first-order chi connectivity index (χ1) is 25.6. The Morgan fingerprint density at radius 3 is 2.15 bits per heavy atom. The highest BCUT2D eigenvalue weighted by atomic mass is 35.5. The zero-order chi connectivity index (χ0) is 40.5. The predicted octanol–water partition coefficient (Wildman–Crippen LogP) is 9.12. The second-order valence-corrected chi connectivity index (χ2v) is 27.2. The Bertz CT molecular complexity index is 2080. The first-order valence-corrected chi connectivity index (χ1v) is 23.9. The molecule has 6 rings (SSSR count). The molecule has 17 heteroatoms. The lowest BCUT2D eigenvalue weighted by Crippen LogP contribution is -2.59. The van der Waals surface area contributed by atoms with Crippen LogP contribution in [0.15, 0.2) is 44.5 Å². The van der Waals surface area contributed by atoms with Gasteiger partial charge in [0, 0.05) is 44.0 Å². The van der Waals surface area contributed by atoms with Gasteiger partial charge in [0.25, 0.3) is 0 Å². The first-order valence-electron chi connectivity index (χ1n) is 18.9. The van der Waals surface area contributed by atoms with Crippen LogP contribution in [0, 0.1) is 0 Å². The van der Waals surface area contributed by atoms with Crippen molar-refractivity contribution in [1.29, 1.82) is 0 Å². The monoisotopic (exact) mass is 839 g/mol. The number of hydrogen-bond acceptors (Lipinski definition) is 8. The number of halogens is 4. The molecular formula is C38H53ClF3N7O3S2Si. The molecule has 4 atom stereocenters. The van der Waals surface area contributed by atoms with Gasteiger partial charge in [0.1, 0.15) is 19.5 Å². The van der Waals surface area contributed by atoms with E-state index < -0.39 is 54.1 Å². The van der Waals surface area contributed by atoms with E-state index in [4.69, 9.17) is 16.3 Å². The highest BCUT2D eigenvalue weighted by Crippen LogP contribution is 2.56. The molecule has 0 saturated carbocycles. The molecule has 1 fully saturated rings. The van der Waals surface area contributed by atoms with Gasteiger partial charge < -0.3 is 9.64 Å². The molecule has 1 saturated heterocycles. The lowest BCUT2D eigenvalue weighted by Gasteiger charge is -2.45. The summed E-state index contributed by atoms with van der Waals surface area (Å²) < 4.78 is 56.1. The highest BCUT2D eigenvalue weighted by Gasteiger charge is 2.48. The maximum absolute atomic E-state index is 15.0. The number of rotatable bonds is 7. The van der Waals surface area contributed by atoms with Crippen LogP contribution in [0.25, 0.3) is 10.9 Å². The fourth-order valence-corrected chi connectivity index (χ4v) is 23.8. The molecule has 55 heavy (non-hydrogen) atoms. The molecule has 0 aliphatic carbocycles. The van der Waals surface area contributed by atoms with E-state index in [1.54, 1.807) is 54.1 Å². The number of alkyl halides is 3. The molecule has 3 aromatic heterocycles. The molecule has 0 radical (unpaired) electrons. The number of aromatic nitrogens is 5.